The first kappa shape index (κ1) is 17.3. The van der Waals surface area contributed by atoms with E-state index in [0.29, 0.717) is 5.56 Å². The molecule has 0 saturated carbocycles. The van der Waals surface area contributed by atoms with E-state index in [1.165, 1.54) is 26.4 Å². The van der Waals surface area contributed by atoms with Gasteiger partial charge < -0.3 is 13.9 Å². The van der Waals surface area contributed by atoms with Crippen molar-refractivity contribution < 1.29 is 22.3 Å². The molecule has 1 heterocycles. The Balaban J connectivity index is 2.52. The Hall–Kier alpha value is -2.51. The summed E-state index contributed by atoms with van der Waals surface area (Å²) in [5.41, 5.74) is -0.0556. The summed E-state index contributed by atoms with van der Waals surface area (Å²) in [6, 6.07) is 11.4. The molecule has 0 bridgehead atoms. The lowest BCUT2D eigenvalue weighted by atomic mass is 10.1. The second-order valence-electron chi connectivity index (χ2n) is 5.09. The van der Waals surface area contributed by atoms with Crippen LogP contribution >= 0.6 is 10.7 Å². The van der Waals surface area contributed by atoms with Gasteiger partial charge in [-0.1, -0.05) is 30.3 Å². The standard InChI is InChI=1S/C17H13ClO6S/c1-22-13-9-14(23-2)17(25(18,20)21)16-15(13)11(19)8-12(24-16)10-6-4-3-5-7-10/h3-9H,1-2H3. The molecular weight excluding hydrogens is 368 g/mol. The molecule has 2 aromatic carbocycles. The number of fused-ring (bicyclic) bond motifs is 1. The third-order valence-corrected chi connectivity index (χ3v) is 4.97. The molecule has 6 nitrogen and oxygen atoms in total. The zero-order valence-corrected chi connectivity index (χ0v) is 14.8. The molecule has 0 N–H and O–H groups in total. The quantitative estimate of drug-likeness (QED) is 0.645. The third kappa shape index (κ3) is 3.08. The van der Waals surface area contributed by atoms with Crippen molar-refractivity contribution in [2.24, 2.45) is 0 Å². The Kier molecular flexibility index (Phi) is 4.45. The molecule has 3 aromatic rings. The number of ether oxygens (including phenoxy) is 2. The second kappa shape index (κ2) is 6.42. The summed E-state index contributed by atoms with van der Waals surface area (Å²) >= 11 is 0. The van der Waals surface area contributed by atoms with E-state index in [-0.39, 0.29) is 28.2 Å². The average molecular weight is 381 g/mol. The Morgan fingerprint density at radius 3 is 2.20 bits per heavy atom. The lowest BCUT2D eigenvalue weighted by Gasteiger charge is -2.13. The van der Waals surface area contributed by atoms with Gasteiger partial charge in [-0.3, -0.25) is 4.79 Å². The van der Waals surface area contributed by atoms with Crippen LogP contribution in [0.3, 0.4) is 0 Å². The van der Waals surface area contributed by atoms with Gasteiger partial charge in [0.25, 0.3) is 9.05 Å². The molecule has 0 aliphatic rings. The molecule has 0 unspecified atom stereocenters. The van der Waals surface area contributed by atoms with Gasteiger partial charge in [0.05, 0.1) is 14.2 Å². The molecule has 0 spiro atoms. The monoisotopic (exact) mass is 380 g/mol. The molecule has 8 heteroatoms. The largest absolute Gasteiger partial charge is 0.496 e. The van der Waals surface area contributed by atoms with Crippen LogP contribution in [0.5, 0.6) is 11.5 Å². The number of rotatable bonds is 4. The van der Waals surface area contributed by atoms with Gasteiger partial charge in [-0.15, -0.1) is 0 Å². The van der Waals surface area contributed by atoms with Gasteiger partial charge >= 0.3 is 0 Å². The lowest BCUT2D eigenvalue weighted by molar-refractivity contribution is 0.387. The van der Waals surface area contributed by atoms with Crippen molar-refractivity contribution >= 4 is 30.7 Å². The summed E-state index contributed by atoms with van der Waals surface area (Å²) in [5.74, 6) is 0.256. The first-order valence-corrected chi connectivity index (χ1v) is 9.40. The first-order valence-electron chi connectivity index (χ1n) is 7.09. The van der Waals surface area contributed by atoms with Crippen LogP contribution in [-0.4, -0.2) is 22.6 Å². The zero-order valence-electron chi connectivity index (χ0n) is 13.3. The number of hydrogen-bond acceptors (Lipinski definition) is 6. The normalized spacial score (nSPS) is 11.5. The first-order chi connectivity index (χ1) is 11.9. The molecule has 0 aliphatic heterocycles. The molecule has 0 fully saturated rings. The van der Waals surface area contributed by atoms with Crippen molar-refractivity contribution in [3.05, 3.63) is 52.7 Å². The van der Waals surface area contributed by atoms with Crippen LogP contribution in [0.25, 0.3) is 22.3 Å². The SMILES string of the molecule is COc1cc(OC)c2c(=O)cc(-c3ccccc3)oc2c1S(=O)(=O)Cl. The van der Waals surface area contributed by atoms with Crippen LogP contribution in [0.2, 0.25) is 0 Å². The maximum Gasteiger partial charge on any atom is 0.268 e. The van der Waals surface area contributed by atoms with Gasteiger partial charge in [0.1, 0.15) is 22.6 Å². The molecular formula is C17H13ClO6S. The van der Waals surface area contributed by atoms with Gasteiger partial charge in [0.15, 0.2) is 15.9 Å². The van der Waals surface area contributed by atoms with E-state index in [1.807, 2.05) is 6.07 Å². The summed E-state index contributed by atoms with van der Waals surface area (Å²) in [6.45, 7) is 0. The summed E-state index contributed by atoms with van der Waals surface area (Å²) in [7, 11) is 3.94. The topological polar surface area (TPSA) is 82.8 Å². The maximum absolute atomic E-state index is 12.6. The molecule has 0 amide bonds. The molecule has 25 heavy (non-hydrogen) atoms. The Morgan fingerprint density at radius 1 is 1.00 bits per heavy atom. The predicted molar refractivity (Wildman–Crippen MR) is 94.1 cm³/mol. The smallest absolute Gasteiger partial charge is 0.268 e. The molecule has 3 rings (SSSR count). The van der Waals surface area contributed by atoms with E-state index in [2.05, 4.69) is 0 Å². The van der Waals surface area contributed by atoms with Crippen molar-refractivity contribution in [2.75, 3.05) is 14.2 Å². The molecule has 0 radical (unpaired) electrons. The summed E-state index contributed by atoms with van der Waals surface area (Å²) in [6.07, 6.45) is 0. The van der Waals surface area contributed by atoms with Crippen LogP contribution in [0.15, 0.2) is 56.6 Å². The lowest BCUT2D eigenvalue weighted by Crippen LogP contribution is -2.07. The molecule has 1 aromatic heterocycles. The third-order valence-electron chi connectivity index (χ3n) is 3.63. The van der Waals surface area contributed by atoms with Crippen LogP contribution < -0.4 is 14.9 Å². The summed E-state index contributed by atoms with van der Waals surface area (Å²) < 4.78 is 40.2. The second-order valence-corrected chi connectivity index (χ2v) is 7.60. The highest BCUT2D eigenvalue weighted by Crippen LogP contribution is 2.40. The number of halogens is 1. The van der Waals surface area contributed by atoms with E-state index >= 15 is 0 Å². The number of methoxy groups -OCH3 is 2. The predicted octanol–water partition coefficient (Wildman–Crippen LogP) is 3.40. The minimum Gasteiger partial charge on any atom is -0.496 e. The van der Waals surface area contributed by atoms with Crippen molar-refractivity contribution in [3.63, 3.8) is 0 Å². The fourth-order valence-corrected chi connectivity index (χ4v) is 3.73. The average Bonchev–Trinajstić information content (AvgIpc) is 2.59. The minimum absolute atomic E-state index is 0.0257. The Morgan fingerprint density at radius 2 is 1.64 bits per heavy atom. The molecule has 0 atom stereocenters. The maximum atomic E-state index is 12.6. The van der Waals surface area contributed by atoms with E-state index in [9.17, 15) is 13.2 Å². The van der Waals surface area contributed by atoms with Crippen molar-refractivity contribution in [1.29, 1.82) is 0 Å². The number of benzene rings is 2. The van der Waals surface area contributed by atoms with Gasteiger partial charge in [-0.2, -0.15) is 0 Å². The van der Waals surface area contributed by atoms with Crippen LogP contribution in [0.4, 0.5) is 0 Å². The highest BCUT2D eigenvalue weighted by atomic mass is 35.7. The van der Waals surface area contributed by atoms with Gasteiger partial charge in [-0.25, -0.2) is 8.42 Å². The van der Waals surface area contributed by atoms with E-state index < -0.39 is 19.4 Å². The Bertz CT molecular complexity index is 1100. The van der Waals surface area contributed by atoms with Crippen molar-refractivity contribution in [2.45, 2.75) is 4.90 Å². The molecule has 0 aliphatic carbocycles. The van der Waals surface area contributed by atoms with Gasteiger partial charge in [0, 0.05) is 28.4 Å². The van der Waals surface area contributed by atoms with Crippen LogP contribution in [-0.2, 0) is 9.05 Å². The minimum atomic E-state index is -4.25. The fraction of sp³-hybridized carbons (Fsp3) is 0.118. The molecule has 130 valence electrons. The fourth-order valence-electron chi connectivity index (χ4n) is 2.54. The number of hydrogen-bond donors (Lipinski definition) is 0. The van der Waals surface area contributed by atoms with Crippen LogP contribution in [0.1, 0.15) is 0 Å². The highest BCUT2D eigenvalue weighted by Gasteiger charge is 2.27. The van der Waals surface area contributed by atoms with Crippen LogP contribution in [0, 0.1) is 0 Å². The van der Waals surface area contributed by atoms with E-state index in [1.54, 1.807) is 24.3 Å². The van der Waals surface area contributed by atoms with Crippen molar-refractivity contribution in [1.82, 2.24) is 0 Å². The Labute approximate surface area is 148 Å². The zero-order chi connectivity index (χ0) is 18.2. The summed E-state index contributed by atoms with van der Waals surface area (Å²) in [5, 5.41) is -0.0257. The van der Waals surface area contributed by atoms with Crippen molar-refractivity contribution in [3.8, 4) is 22.8 Å². The highest BCUT2D eigenvalue weighted by molar-refractivity contribution is 8.14. The molecule has 0 saturated heterocycles. The van der Waals surface area contributed by atoms with Gasteiger partial charge in [0.2, 0.25) is 0 Å². The van der Waals surface area contributed by atoms with E-state index in [4.69, 9.17) is 24.6 Å². The van der Waals surface area contributed by atoms with E-state index in [0.717, 1.165) is 0 Å². The van der Waals surface area contributed by atoms with Gasteiger partial charge in [-0.05, 0) is 0 Å². The summed E-state index contributed by atoms with van der Waals surface area (Å²) in [4.78, 5) is 12.2.